The number of anilines is 2. The molecule has 2 N–H and O–H groups in total. The molecule has 0 atom stereocenters. The minimum atomic E-state index is -0.373. The molecule has 3 aromatic rings. The van der Waals surface area contributed by atoms with E-state index in [2.05, 4.69) is 15.6 Å². The summed E-state index contributed by atoms with van der Waals surface area (Å²) in [6, 6.07) is 16.8. The quantitative estimate of drug-likeness (QED) is 0.695. The van der Waals surface area contributed by atoms with Crippen LogP contribution in [0.4, 0.5) is 15.8 Å². The standard InChI is InChI=1S/C19H15ClFN3O/c20-15-6-2-4-8-17(15)24-19(25)18-11-14(9-10-22-18)23-12-13-5-1-3-7-16(13)21/h1-11H,12H2,(H,22,23)(H,24,25). The number of aromatic nitrogens is 1. The summed E-state index contributed by atoms with van der Waals surface area (Å²) in [6.45, 7) is 0.308. The summed E-state index contributed by atoms with van der Waals surface area (Å²) in [6.07, 6.45) is 1.52. The molecule has 0 radical (unpaired) electrons. The highest BCUT2D eigenvalue weighted by Crippen LogP contribution is 2.21. The Balaban J connectivity index is 1.70. The number of amides is 1. The molecule has 0 aliphatic heterocycles. The van der Waals surface area contributed by atoms with E-state index in [-0.39, 0.29) is 17.4 Å². The molecule has 0 aliphatic carbocycles. The zero-order valence-corrected chi connectivity index (χ0v) is 13.9. The van der Waals surface area contributed by atoms with Gasteiger partial charge in [-0.25, -0.2) is 4.39 Å². The van der Waals surface area contributed by atoms with E-state index in [0.29, 0.717) is 28.5 Å². The maximum Gasteiger partial charge on any atom is 0.274 e. The van der Waals surface area contributed by atoms with E-state index in [0.717, 1.165) is 0 Å². The van der Waals surface area contributed by atoms with Gasteiger partial charge in [0.15, 0.2) is 0 Å². The molecular weight excluding hydrogens is 341 g/mol. The summed E-state index contributed by atoms with van der Waals surface area (Å²) < 4.78 is 13.7. The number of hydrogen-bond donors (Lipinski definition) is 2. The number of nitrogens with zero attached hydrogens (tertiary/aromatic N) is 1. The second-order valence-corrected chi connectivity index (χ2v) is 5.72. The number of carbonyl (C=O) groups is 1. The Hall–Kier alpha value is -2.92. The molecule has 1 heterocycles. The lowest BCUT2D eigenvalue weighted by atomic mass is 10.2. The van der Waals surface area contributed by atoms with Gasteiger partial charge in [-0.15, -0.1) is 0 Å². The zero-order chi connectivity index (χ0) is 17.6. The molecule has 1 amide bonds. The Morgan fingerprint density at radius 2 is 1.84 bits per heavy atom. The van der Waals surface area contributed by atoms with Crippen molar-refractivity contribution in [3.8, 4) is 0 Å². The number of nitrogens with one attached hydrogen (secondary N) is 2. The van der Waals surface area contributed by atoms with Gasteiger partial charge < -0.3 is 10.6 Å². The third-order valence-electron chi connectivity index (χ3n) is 3.56. The lowest BCUT2D eigenvalue weighted by molar-refractivity contribution is 0.102. The SMILES string of the molecule is O=C(Nc1ccccc1Cl)c1cc(NCc2ccccc2F)ccn1. The monoisotopic (exact) mass is 355 g/mol. The van der Waals surface area contributed by atoms with Gasteiger partial charge in [0, 0.05) is 24.0 Å². The summed E-state index contributed by atoms with van der Waals surface area (Å²) in [5.74, 6) is -0.650. The van der Waals surface area contributed by atoms with Crippen molar-refractivity contribution in [1.82, 2.24) is 4.98 Å². The van der Waals surface area contributed by atoms with E-state index in [4.69, 9.17) is 11.6 Å². The first kappa shape index (κ1) is 16.9. The van der Waals surface area contributed by atoms with E-state index in [9.17, 15) is 9.18 Å². The smallest absolute Gasteiger partial charge is 0.274 e. The third kappa shape index (κ3) is 4.33. The Morgan fingerprint density at radius 1 is 1.08 bits per heavy atom. The van der Waals surface area contributed by atoms with Crippen LogP contribution in [0.1, 0.15) is 16.1 Å². The molecule has 0 unspecified atom stereocenters. The highest BCUT2D eigenvalue weighted by Gasteiger charge is 2.10. The van der Waals surface area contributed by atoms with Gasteiger partial charge in [-0.3, -0.25) is 9.78 Å². The second kappa shape index (κ2) is 7.77. The number of rotatable bonds is 5. The summed E-state index contributed by atoms with van der Waals surface area (Å²) in [4.78, 5) is 16.4. The van der Waals surface area contributed by atoms with Crippen molar-refractivity contribution in [2.24, 2.45) is 0 Å². The number of benzene rings is 2. The molecular formula is C19H15ClFN3O. The summed E-state index contributed by atoms with van der Waals surface area (Å²) in [5, 5.41) is 6.25. The fraction of sp³-hybridized carbons (Fsp3) is 0.0526. The van der Waals surface area contributed by atoms with Gasteiger partial charge in [-0.1, -0.05) is 41.9 Å². The first-order chi connectivity index (χ1) is 12.1. The third-order valence-corrected chi connectivity index (χ3v) is 3.89. The molecule has 0 saturated heterocycles. The van der Waals surface area contributed by atoms with E-state index in [1.807, 2.05) is 0 Å². The minimum Gasteiger partial charge on any atom is -0.381 e. The number of pyridine rings is 1. The Kier molecular flexibility index (Phi) is 5.26. The van der Waals surface area contributed by atoms with Crippen LogP contribution >= 0.6 is 11.6 Å². The van der Waals surface area contributed by atoms with Crippen molar-refractivity contribution in [2.45, 2.75) is 6.54 Å². The van der Waals surface area contributed by atoms with E-state index in [1.165, 1.54) is 12.3 Å². The van der Waals surface area contributed by atoms with Crippen molar-refractivity contribution < 1.29 is 9.18 Å². The topological polar surface area (TPSA) is 54.0 Å². The van der Waals surface area contributed by atoms with Crippen LogP contribution in [-0.2, 0) is 6.54 Å². The molecule has 0 spiro atoms. The van der Waals surface area contributed by atoms with E-state index < -0.39 is 0 Å². The summed E-state index contributed by atoms with van der Waals surface area (Å²) >= 11 is 6.04. The van der Waals surface area contributed by atoms with Crippen molar-refractivity contribution in [3.05, 3.63) is 89.0 Å². The van der Waals surface area contributed by atoms with Crippen molar-refractivity contribution in [2.75, 3.05) is 10.6 Å². The molecule has 3 rings (SSSR count). The van der Waals surface area contributed by atoms with Crippen LogP contribution in [0.25, 0.3) is 0 Å². The number of hydrogen-bond acceptors (Lipinski definition) is 3. The van der Waals surface area contributed by atoms with Crippen LogP contribution in [0.15, 0.2) is 66.9 Å². The highest BCUT2D eigenvalue weighted by molar-refractivity contribution is 6.33. The van der Waals surface area contributed by atoms with Gasteiger partial charge in [0.05, 0.1) is 10.7 Å². The van der Waals surface area contributed by atoms with E-state index >= 15 is 0 Å². The molecule has 0 saturated carbocycles. The molecule has 6 heteroatoms. The van der Waals surface area contributed by atoms with Crippen LogP contribution in [-0.4, -0.2) is 10.9 Å². The molecule has 4 nitrogen and oxygen atoms in total. The predicted octanol–water partition coefficient (Wildman–Crippen LogP) is 4.74. The van der Waals surface area contributed by atoms with Gasteiger partial charge >= 0.3 is 0 Å². The molecule has 0 bridgehead atoms. The fourth-order valence-electron chi connectivity index (χ4n) is 2.25. The van der Waals surface area contributed by atoms with E-state index in [1.54, 1.807) is 54.6 Å². The van der Waals surface area contributed by atoms with Crippen molar-refractivity contribution >= 4 is 28.9 Å². The summed E-state index contributed by atoms with van der Waals surface area (Å²) in [5.41, 5.74) is 1.96. The van der Waals surface area contributed by atoms with Crippen molar-refractivity contribution in [3.63, 3.8) is 0 Å². The van der Waals surface area contributed by atoms with Crippen LogP contribution in [0.2, 0.25) is 5.02 Å². The Morgan fingerprint density at radius 3 is 2.64 bits per heavy atom. The number of carbonyl (C=O) groups excluding carboxylic acids is 1. The average Bonchev–Trinajstić information content (AvgIpc) is 2.63. The van der Waals surface area contributed by atoms with Crippen LogP contribution in [0.5, 0.6) is 0 Å². The zero-order valence-electron chi connectivity index (χ0n) is 13.2. The summed E-state index contributed by atoms with van der Waals surface area (Å²) in [7, 11) is 0. The fourth-order valence-corrected chi connectivity index (χ4v) is 2.44. The molecule has 2 aromatic carbocycles. The molecule has 1 aromatic heterocycles. The lowest BCUT2D eigenvalue weighted by Crippen LogP contribution is -2.14. The molecule has 0 fully saturated rings. The van der Waals surface area contributed by atoms with Gasteiger partial charge in [0.1, 0.15) is 11.5 Å². The molecule has 126 valence electrons. The second-order valence-electron chi connectivity index (χ2n) is 5.31. The van der Waals surface area contributed by atoms with Gasteiger partial charge in [0.2, 0.25) is 0 Å². The predicted molar refractivity (Wildman–Crippen MR) is 97.4 cm³/mol. The number of para-hydroxylation sites is 1. The van der Waals surface area contributed by atoms with Crippen molar-refractivity contribution in [1.29, 1.82) is 0 Å². The highest BCUT2D eigenvalue weighted by atomic mass is 35.5. The van der Waals surface area contributed by atoms with Crippen LogP contribution < -0.4 is 10.6 Å². The van der Waals surface area contributed by atoms with Gasteiger partial charge in [-0.05, 0) is 30.3 Å². The Labute approximate surface area is 149 Å². The van der Waals surface area contributed by atoms with Gasteiger partial charge in [0.25, 0.3) is 5.91 Å². The molecule has 25 heavy (non-hydrogen) atoms. The molecule has 0 aliphatic rings. The largest absolute Gasteiger partial charge is 0.381 e. The normalized spacial score (nSPS) is 10.3. The maximum absolute atomic E-state index is 13.7. The maximum atomic E-state index is 13.7. The first-order valence-corrected chi connectivity index (χ1v) is 8.00. The lowest BCUT2D eigenvalue weighted by Gasteiger charge is -2.10. The van der Waals surface area contributed by atoms with Crippen LogP contribution in [0, 0.1) is 5.82 Å². The Bertz CT molecular complexity index is 901. The number of halogens is 2. The minimum absolute atomic E-state index is 0.235. The average molecular weight is 356 g/mol. The van der Waals surface area contributed by atoms with Crippen LogP contribution in [0.3, 0.4) is 0 Å². The van der Waals surface area contributed by atoms with Gasteiger partial charge in [-0.2, -0.15) is 0 Å². The first-order valence-electron chi connectivity index (χ1n) is 7.63.